The molecule has 0 atom stereocenters. The van der Waals surface area contributed by atoms with Crippen molar-refractivity contribution in [3.05, 3.63) is 21.9 Å². The van der Waals surface area contributed by atoms with E-state index in [9.17, 15) is 9.50 Å². The van der Waals surface area contributed by atoms with Crippen molar-refractivity contribution in [2.24, 2.45) is 5.73 Å². The molecule has 0 radical (unpaired) electrons. The number of halogens is 2. The van der Waals surface area contributed by atoms with E-state index in [-0.39, 0.29) is 17.1 Å². The van der Waals surface area contributed by atoms with Crippen LogP contribution in [-0.2, 0) is 5.54 Å². The fourth-order valence-corrected chi connectivity index (χ4v) is 2.61. The standard InChI is InChI=1S/C11H13BrFNO2/c1-16-10-6(12)5-7(13)8(9(10)15)11(14)3-2-4-11/h5,15H,2-4,14H2,1H3. The Hall–Kier alpha value is -0.810. The van der Waals surface area contributed by atoms with Gasteiger partial charge in [-0.05, 0) is 41.3 Å². The van der Waals surface area contributed by atoms with Gasteiger partial charge in [0.15, 0.2) is 11.5 Å². The molecule has 3 nitrogen and oxygen atoms in total. The smallest absolute Gasteiger partial charge is 0.175 e. The van der Waals surface area contributed by atoms with Gasteiger partial charge in [0.05, 0.1) is 17.1 Å². The highest BCUT2D eigenvalue weighted by Crippen LogP contribution is 2.48. The van der Waals surface area contributed by atoms with Gasteiger partial charge in [-0.25, -0.2) is 4.39 Å². The number of rotatable bonds is 2. The van der Waals surface area contributed by atoms with Gasteiger partial charge in [0.2, 0.25) is 0 Å². The van der Waals surface area contributed by atoms with Crippen LogP contribution in [0.4, 0.5) is 4.39 Å². The topological polar surface area (TPSA) is 55.5 Å². The summed E-state index contributed by atoms with van der Waals surface area (Å²) in [6, 6.07) is 1.28. The van der Waals surface area contributed by atoms with Gasteiger partial charge in [-0.15, -0.1) is 0 Å². The highest BCUT2D eigenvalue weighted by Gasteiger charge is 2.40. The van der Waals surface area contributed by atoms with Crippen molar-refractivity contribution in [2.45, 2.75) is 24.8 Å². The summed E-state index contributed by atoms with van der Waals surface area (Å²) in [5, 5.41) is 9.98. The van der Waals surface area contributed by atoms with Crippen LogP contribution < -0.4 is 10.5 Å². The molecule has 2 rings (SSSR count). The minimum atomic E-state index is -0.748. The summed E-state index contributed by atoms with van der Waals surface area (Å²) >= 11 is 3.13. The monoisotopic (exact) mass is 289 g/mol. The average Bonchev–Trinajstić information content (AvgIpc) is 2.14. The van der Waals surface area contributed by atoms with Crippen molar-refractivity contribution in [3.8, 4) is 11.5 Å². The van der Waals surface area contributed by atoms with Gasteiger partial charge in [0, 0.05) is 5.54 Å². The summed E-state index contributed by atoms with van der Waals surface area (Å²) in [4.78, 5) is 0. The van der Waals surface area contributed by atoms with E-state index in [2.05, 4.69) is 15.9 Å². The van der Waals surface area contributed by atoms with Crippen LogP contribution in [0.2, 0.25) is 0 Å². The molecule has 0 saturated heterocycles. The Labute approximate surface area is 102 Å². The van der Waals surface area contributed by atoms with Crippen molar-refractivity contribution < 1.29 is 14.2 Å². The predicted molar refractivity (Wildman–Crippen MR) is 62.0 cm³/mol. The van der Waals surface area contributed by atoms with E-state index in [0.29, 0.717) is 17.3 Å². The SMILES string of the molecule is COc1c(Br)cc(F)c(C2(N)CCC2)c1O. The summed E-state index contributed by atoms with van der Waals surface area (Å²) in [5.74, 6) is -0.461. The third-order valence-electron chi connectivity index (χ3n) is 3.11. The minimum Gasteiger partial charge on any atom is -0.504 e. The first kappa shape index (κ1) is 11.7. The van der Waals surface area contributed by atoms with Crippen LogP contribution >= 0.6 is 15.9 Å². The van der Waals surface area contributed by atoms with Crippen molar-refractivity contribution in [3.63, 3.8) is 0 Å². The van der Waals surface area contributed by atoms with Crippen LogP contribution in [0.5, 0.6) is 11.5 Å². The maximum Gasteiger partial charge on any atom is 0.175 e. The molecule has 1 saturated carbocycles. The third kappa shape index (κ3) is 1.58. The maximum absolute atomic E-state index is 13.8. The van der Waals surface area contributed by atoms with Crippen molar-refractivity contribution >= 4 is 15.9 Å². The van der Waals surface area contributed by atoms with E-state index in [1.54, 1.807) is 0 Å². The largest absolute Gasteiger partial charge is 0.504 e. The Morgan fingerprint density at radius 1 is 1.56 bits per heavy atom. The molecule has 88 valence electrons. The molecule has 1 aromatic carbocycles. The predicted octanol–water partition coefficient (Wildman–Crippen LogP) is 2.64. The van der Waals surface area contributed by atoms with Crippen molar-refractivity contribution in [2.75, 3.05) is 7.11 Å². The fraction of sp³-hybridized carbons (Fsp3) is 0.455. The second-order valence-electron chi connectivity index (χ2n) is 4.11. The zero-order valence-corrected chi connectivity index (χ0v) is 10.5. The molecule has 0 bridgehead atoms. The van der Waals surface area contributed by atoms with Crippen LogP contribution in [-0.4, -0.2) is 12.2 Å². The number of methoxy groups -OCH3 is 1. The first-order chi connectivity index (χ1) is 7.49. The van der Waals surface area contributed by atoms with Gasteiger partial charge >= 0.3 is 0 Å². The molecule has 1 aliphatic rings. The van der Waals surface area contributed by atoms with E-state index in [4.69, 9.17) is 10.5 Å². The molecule has 0 heterocycles. The molecule has 3 N–H and O–H groups in total. The molecule has 1 aliphatic carbocycles. The summed E-state index contributed by atoms with van der Waals surface area (Å²) in [6.45, 7) is 0. The van der Waals surface area contributed by atoms with E-state index >= 15 is 0 Å². The lowest BCUT2D eigenvalue weighted by Crippen LogP contribution is -2.44. The average molecular weight is 290 g/mol. The van der Waals surface area contributed by atoms with E-state index in [1.165, 1.54) is 13.2 Å². The molecule has 5 heteroatoms. The molecule has 0 spiro atoms. The van der Waals surface area contributed by atoms with Crippen LogP contribution in [0.15, 0.2) is 10.5 Å². The number of ether oxygens (including phenoxy) is 1. The fourth-order valence-electron chi connectivity index (χ4n) is 2.06. The summed E-state index contributed by atoms with van der Waals surface area (Å²) in [7, 11) is 1.42. The Morgan fingerprint density at radius 2 is 2.19 bits per heavy atom. The van der Waals surface area contributed by atoms with Crippen LogP contribution in [0, 0.1) is 5.82 Å². The number of benzene rings is 1. The Morgan fingerprint density at radius 3 is 2.62 bits per heavy atom. The van der Waals surface area contributed by atoms with Crippen molar-refractivity contribution in [1.29, 1.82) is 0 Å². The van der Waals surface area contributed by atoms with Crippen LogP contribution in [0.1, 0.15) is 24.8 Å². The van der Waals surface area contributed by atoms with Gasteiger partial charge in [0.1, 0.15) is 5.82 Å². The Balaban J connectivity index is 2.60. The summed E-state index contributed by atoms with van der Waals surface area (Å²) < 4.78 is 19.2. The molecular formula is C11H13BrFNO2. The molecular weight excluding hydrogens is 277 g/mol. The number of hydrogen-bond acceptors (Lipinski definition) is 3. The second kappa shape index (κ2) is 3.89. The second-order valence-corrected chi connectivity index (χ2v) is 4.96. The molecule has 0 unspecified atom stereocenters. The highest BCUT2D eigenvalue weighted by atomic mass is 79.9. The Bertz CT molecular complexity index is 432. The van der Waals surface area contributed by atoms with Crippen LogP contribution in [0.3, 0.4) is 0 Å². The number of nitrogens with two attached hydrogens (primary N) is 1. The Kier molecular flexibility index (Phi) is 2.84. The molecule has 0 aromatic heterocycles. The normalized spacial score (nSPS) is 18.0. The lowest BCUT2D eigenvalue weighted by Gasteiger charge is -2.39. The van der Waals surface area contributed by atoms with Gasteiger partial charge in [0.25, 0.3) is 0 Å². The zero-order valence-electron chi connectivity index (χ0n) is 8.89. The third-order valence-corrected chi connectivity index (χ3v) is 3.70. The highest BCUT2D eigenvalue weighted by molar-refractivity contribution is 9.10. The van der Waals surface area contributed by atoms with Gasteiger partial charge in [-0.1, -0.05) is 0 Å². The zero-order chi connectivity index (χ0) is 11.9. The van der Waals surface area contributed by atoms with Crippen LogP contribution in [0.25, 0.3) is 0 Å². The van der Waals surface area contributed by atoms with E-state index < -0.39 is 11.4 Å². The lowest BCUT2D eigenvalue weighted by molar-refractivity contribution is 0.233. The molecule has 0 aliphatic heterocycles. The first-order valence-corrected chi connectivity index (χ1v) is 5.83. The summed E-state index contributed by atoms with van der Waals surface area (Å²) in [5.41, 5.74) is 5.45. The summed E-state index contributed by atoms with van der Waals surface area (Å²) in [6.07, 6.45) is 2.32. The lowest BCUT2D eigenvalue weighted by atomic mass is 9.72. The van der Waals surface area contributed by atoms with Gasteiger partial charge in [-0.3, -0.25) is 0 Å². The van der Waals surface area contributed by atoms with E-state index in [1.807, 2.05) is 0 Å². The molecule has 1 fully saturated rings. The minimum absolute atomic E-state index is 0.166. The van der Waals surface area contributed by atoms with Gasteiger partial charge in [-0.2, -0.15) is 0 Å². The van der Waals surface area contributed by atoms with E-state index in [0.717, 1.165) is 6.42 Å². The number of aromatic hydroxyl groups is 1. The maximum atomic E-state index is 13.8. The van der Waals surface area contributed by atoms with Crippen molar-refractivity contribution in [1.82, 2.24) is 0 Å². The number of hydrogen-bond donors (Lipinski definition) is 2. The number of phenolic OH excluding ortho intramolecular Hbond substituents is 1. The molecule has 1 aromatic rings. The number of phenols is 1. The first-order valence-electron chi connectivity index (χ1n) is 5.04. The molecule has 16 heavy (non-hydrogen) atoms. The molecule has 0 amide bonds. The quantitative estimate of drug-likeness (QED) is 0.880. The van der Waals surface area contributed by atoms with Gasteiger partial charge < -0.3 is 15.6 Å².